The molecule has 156 valence electrons. The third-order valence-electron chi connectivity index (χ3n) is 5.71. The van der Waals surface area contributed by atoms with Crippen LogP contribution in [0.4, 0.5) is 0 Å². The number of aryl methyl sites for hydroxylation is 1. The van der Waals surface area contributed by atoms with Gasteiger partial charge >= 0.3 is 0 Å². The van der Waals surface area contributed by atoms with Crippen molar-refractivity contribution < 1.29 is 0 Å². The molecule has 1 aromatic carbocycles. The molecule has 0 atom stereocenters. The van der Waals surface area contributed by atoms with Gasteiger partial charge in [0.1, 0.15) is 0 Å². The van der Waals surface area contributed by atoms with Crippen molar-refractivity contribution in [3.63, 3.8) is 0 Å². The molecule has 0 bridgehead atoms. The number of unbranched alkanes of at least 4 members (excludes halogenated alkanes) is 14. The van der Waals surface area contributed by atoms with Crippen molar-refractivity contribution in [1.29, 1.82) is 0 Å². The van der Waals surface area contributed by atoms with E-state index in [0.29, 0.717) is 0 Å². The Labute approximate surface area is 175 Å². The fourth-order valence-electron chi connectivity index (χ4n) is 4.01. The first-order valence-corrected chi connectivity index (χ1v) is 12.2. The summed E-state index contributed by atoms with van der Waals surface area (Å²) in [6.45, 7) is 6.49. The van der Waals surface area contributed by atoms with Crippen LogP contribution in [0.25, 0.3) is 0 Å². The summed E-state index contributed by atoms with van der Waals surface area (Å²) in [4.78, 5) is -0.258. The smallest absolute Gasteiger partial charge is 0.0641 e. The largest absolute Gasteiger partial charge is 0.115 e. The van der Waals surface area contributed by atoms with Crippen molar-refractivity contribution in [2.75, 3.05) is 0 Å². The molecule has 0 fully saturated rings. The van der Waals surface area contributed by atoms with Gasteiger partial charge < -0.3 is 0 Å². The van der Waals surface area contributed by atoms with Crippen LogP contribution >= 0.6 is 11.6 Å². The second kappa shape index (κ2) is 15.4. The van der Waals surface area contributed by atoms with Crippen molar-refractivity contribution in [1.82, 2.24) is 0 Å². The molecule has 27 heavy (non-hydrogen) atoms. The van der Waals surface area contributed by atoms with Gasteiger partial charge in [0.2, 0.25) is 0 Å². The number of rotatable bonds is 17. The fourth-order valence-corrected chi connectivity index (χ4v) is 4.19. The Balaban J connectivity index is 1.93. The summed E-state index contributed by atoms with van der Waals surface area (Å²) in [6.07, 6.45) is 22.5. The summed E-state index contributed by atoms with van der Waals surface area (Å²) < 4.78 is 0. The highest BCUT2D eigenvalue weighted by molar-refractivity contribution is 6.23. The van der Waals surface area contributed by atoms with Crippen molar-refractivity contribution in [2.45, 2.75) is 128 Å². The second-order valence-electron chi connectivity index (χ2n) is 8.83. The molecular formula is C26H45Cl. The Morgan fingerprint density at radius 2 is 1.04 bits per heavy atom. The van der Waals surface area contributed by atoms with Gasteiger partial charge in [-0.15, -0.1) is 11.6 Å². The topological polar surface area (TPSA) is 0 Å². The van der Waals surface area contributed by atoms with Gasteiger partial charge in [-0.1, -0.05) is 121 Å². The molecule has 0 aliphatic heterocycles. The van der Waals surface area contributed by atoms with E-state index in [1.54, 1.807) is 0 Å². The van der Waals surface area contributed by atoms with Crippen LogP contribution in [-0.4, -0.2) is 0 Å². The van der Waals surface area contributed by atoms with Crippen LogP contribution in [-0.2, 0) is 11.3 Å². The molecule has 0 saturated heterocycles. The molecule has 0 radical (unpaired) electrons. The lowest BCUT2D eigenvalue weighted by Crippen LogP contribution is -2.10. The molecule has 0 unspecified atom stereocenters. The second-order valence-corrected chi connectivity index (χ2v) is 9.77. The van der Waals surface area contributed by atoms with Crippen molar-refractivity contribution in [3.8, 4) is 0 Å². The lowest BCUT2D eigenvalue weighted by atomic mass is 9.93. The van der Waals surface area contributed by atoms with E-state index in [9.17, 15) is 0 Å². The molecule has 0 saturated carbocycles. The summed E-state index contributed by atoms with van der Waals surface area (Å²) in [5.41, 5.74) is 2.74. The summed E-state index contributed by atoms with van der Waals surface area (Å²) >= 11 is 6.53. The molecule has 1 aromatic rings. The third kappa shape index (κ3) is 12.6. The van der Waals surface area contributed by atoms with Gasteiger partial charge in [0, 0.05) is 0 Å². The zero-order valence-corrected chi connectivity index (χ0v) is 19.3. The maximum atomic E-state index is 6.53. The average molecular weight is 393 g/mol. The summed E-state index contributed by atoms with van der Waals surface area (Å²) in [5.74, 6) is 0. The maximum absolute atomic E-state index is 6.53. The first kappa shape index (κ1) is 24.5. The van der Waals surface area contributed by atoms with E-state index in [0.717, 1.165) is 0 Å². The monoisotopic (exact) mass is 392 g/mol. The summed E-state index contributed by atoms with van der Waals surface area (Å²) in [5, 5.41) is 0. The molecule has 0 aromatic heterocycles. The minimum absolute atomic E-state index is 0.258. The Hall–Kier alpha value is -0.490. The average Bonchev–Trinajstić information content (AvgIpc) is 2.64. The molecular weight excluding hydrogens is 348 g/mol. The van der Waals surface area contributed by atoms with Crippen LogP contribution in [0.3, 0.4) is 0 Å². The quantitative estimate of drug-likeness (QED) is 0.183. The van der Waals surface area contributed by atoms with Gasteiger partial charge in [-0.25, -0.2) is 0 Å². The minimum Gasteiger partial charge on any atom is -0.115 e. The Morgan fingerprint density at radius 1 is 0.630 bits per heavy atom. The normalized spacial score (nSPS) is 11.9. The molecule has 0 spiro atoms. The lowest BCUT2D eigenvalue weighted by molar-refractivity contribution is 0.532. The van der Waals surface area contributed by atoms with E-state index in [1.807, 2.05) is 0 Å². The van der Waals surface area contributed by atoms with E-state index in [2.05, 4.69) is 45.0 Å². The standard InChI is InChI=1S/C26H45Cl/c1-4-5-6-7-8-9-10-11-12-13-14-15-16-17-18-21-24-22-19-20-23-25(24)26(2,3)27/h19-20,22-23H,4-18,21H2,1-3H3. The summed E-state index contributed by atoms with van der Waals surface area (Å²) in [6, 6.07) is 8.69. The van der Waals surface area contributed by atoms with Crippen LogP contribution in [0.5, 0.6) is 0 Å². The predicted octanol–water partition coefficient (Wildman–Crippen LogP) is 9.57. The van der Waals surface area contributed by atoms with Crippen molar-refractivity contribution >= 4 is 11.6 Å². The number of benzene rings is 1. The van der Waals surface area contributed by atoms with Crippen molar-refractivity contribution in [2.24, 2.45) is 0 Å². The molecule has 0 aliphatic rings. The van der Waals surface area contributed by atoms with Crippen LogP contribution in [0.1, 0.15) is 128 Å². The first-order chi connectivity index (χ1) is 13.1. The maximum Gasteiger partial charge on any atom is 0.0641 e. The van der Waals surface area contributed by atoms with Crippen molar-refractivity contribution in [3.05, 3.63) is 35.4 Å². The van der Waals surface area contributed by atoms with Gasteiger partial charge in [0.25, 0.3) is 0 Å². The molecule has 1 rings (SSSR count). The molecule has 0 heterocycles. The fraction of sp³-hybridized carbons (Fsp3) is 0.769. The van der Waals surface area contributed by atoms with E-state index in [1.165, 1.54) is 114 Å². The van der Waals surface area contributed by atoms with Gasteiger partial charge in [-0.05, 0) is 37.8 Å². The van der Waals surface area contributed by atoms with Crippen LogP contribution in [0.15, 0.2) is 24.3 Å². The van der Waals surface area contributed by atoms with Crippen LogP contribution in [0, 0.1) is 0 Å². The van der Waals surface area contributed by atoms with E-state index in [4.69, 9.17) is 11.6 Å². The zero-order chi connectivity index (χ0) is 19.8. The van der Waals surface area contributed by atoms with E-state index < -0.39 is 0 Å². The Bertz CT molecular complexity index is 458. The Morgan fingerprint density at radius 3 is 1.48 bits per heavy atom. The van der Waals surface area contributed by atoms with E-state index >= 15 is 0 Å². The number of alkyl halides is 1. The van der Waals surface area contributed by atoms with Gasteiger partial charge in [0.05, 0.1) is 4.87 Å². The highest BCUT2D eigenvalue weighted by Gasteiger charge is 2.19. The van der Waals surface area contributed by atoms with Crippen LogP contribution in [0.2, 0.25) is 0 Å². The number of hydrogen-bond acceptors (Lipinski definition) is 0. The van der Waals surface area contributed by atoms with Gasteiger partial charge in [-0.2, -0.15) is 0 Å². The molecule has 0 amide bonds. The van der Waals surface area contributed by atoms with Crippen LogP contribution < -0.4 is 0 Å². The van der Waals surface area contributed by atoms with E-state index in [-0.39, 0.29) is 4.87 Å². The molecule has 0 N–H and O–H groups in total. The SMILES string of the molecule is CCCCCCCCCCCCCCCCCc1ccccc1C(C)(C)Cl. The number of hydrogen-bond donors (Lipinski definition) is 0. The highest BCUT2D eigenvalue weighted by atomic mass is 35.5. The van der Waals surface area contributed by atoms with Gasteiger partial charge in [0.15, 0.2) is 0 Å². The van der Waals surface area contributed by atoms with Gasteiger partial charge in [-0.3, -0.25) is 0 Å². The molecule has 1 heteroatoms. The zero-order valence-electron chi connectivity index (χ0n) is 18.5. The Kier molecular flexibility index (Phi) is 14.0. The number of halogens is 1. The summed E-state index contributed by atoms with van der Waals surface area (Å²) in [7, 11) is 0. The minimum atomic E-state index is -0.258. The lowest BCUT2D eigenvalue weighted by Gasteiger charge is -2.20. The molecule has 0 aliphatic carbocycles. The highest BCUT2D eigenvalue weighted by Crippen LogP contribution is 2.31. The first-order valence-electron chi connectivity index (χ1n) is 11.8. The third-order valence-corrected chi connectivity index (χ3v) is 5.91. The molecule has 0 nitrogen and oxygen atoms in total. The predicted molar refractivity (Wildman–Crippen MR) is 124 cm³/mol.